The van der Waals surface area contributed by atoms with Crippen molar-refractivity contribution in [1.29, 1.82) is 0 Å². The molecule has 0 atom stereocenters. The number of carbonyl (C=O) groups excluding carboxylic acids is 2. The normalized spacial score (nSPS) is 10.5. The molecule has 19 heavy (non-hydrogen) atoms. The van der Waals surface area contributed by atoms with Crippen LogP contribution in [-0.4, -0.2) is 62.5 Å². The van der Waals surface area contributed by atoms with Crippen LogP contribution in [0.25, 0.3) is 0 Å². The maximum atomic E-state index is 12.2. The first kappa shape index (κ1) is 15.2. The summed E-state index contributed by atoms with van der Waals surface area (Å²) in [5, 5.41) is 0. The van der Waals surface area contributed by atoms with Gasteiger partial charge >= 0.3 is 5.97 Å². The lowest BCUT2D eigenvalue weighted by Crippen LogP contribution is -2.38. The van der Waals surface area contributed by atoms with Crippen molar-refractivity contribution >= 4 is 11.9 Å². The van der Waals surface area contributed by atoms with Crippen LogP contribution < -0.4 is 0 Å². The maximum absolute atomic E-state index is 12.2. The minimum Gasteiger partial charge on any atom is -0.469 e. The number of furan rings is 1. The van der Waals surface area contributed by atoms with E-state index in [4.69, 9.17) is 4.42 Å². The number of hydrogen-bond acceptors (Lipinski definition) is 5. The molecule has 0 aliphatic heterocycles. The van der Waals surface area contributed by atoms with E-state index < -0.39 is 0 Å². The molecule has 0 aliphatic carbocycles. The van der Waals surface area contributed by atoms with Crippen molar-refractivity contribution in [3.8, 4) is 0 Å². The van der Waals surface area contributed by atoms with Gasteiger partial charge in [-0.1, -0.05) is 0 Å². The van der Waals surface area contributed by atoms with E-state index in [0.717, 1.165) is 0 Å². The Kier molecular flexibility index (Phi) is 6.08. The Morgan fingerprint density at radius 1 is 1.26 bits per heavy atom. The van der Waals surface area contributed by atoms with Gasteiger partial charge < -0.3 is 19.0 Å². The quantitative estimate of drug-likeness (QED) is 0.686. The van der Waals surface area contributed by atoms with Gasteiger partial charge in [0.25, 0.3) is 5.91 Å². The molecule has 1 aromatic rings. The third-order valence-corrected chi connectivity index (χ3v) is 2.65. The summed E-state index contributed by atoms with van der Waals surface area (Å²) in [6.45, 7) is 1.57. The Labute approximate surface area is 112 Å². The summed E-state index contributed by atoms with van der Waals surface area (Å²) < 4.78 is 9.68. The lowest BCUT2D eigenvalue weighted by Gasteiger charge is -2.23. The Balaban J connectivity index is 2.62. The first-order valence-corrected chi connectivity index (χ1v) is 6.09. The monoisotopic (exact) mass is 268 g/mol. The smallest absolute Gasteiger partial charge is 0.307 e. The summed E-state index contributed by atoms with van der Waals surface area (Å²) in [5.41, 5.74) is 0. The van der Waals surface area contributed by atoms with Gasteiger partial charge in [-0.15, -0.1) is 0 Å². The van der Waals surface area contributed by atoms with E-state index in [9.17, 15) is 9.59 Å². The topological polar surface area (TPSA) is 63.0 Å². The fourth-order valence-corrected chi connectivity index (χ4v) is 1.52. The van der Waals surface area contributed by atoms with E-state index in [2.05, 4.69) is 4.74 Å². The summed E-state index contributed by atoms with van der Waals surface area (Å²) in [7, 11) is 5.19. The van der Waals surface area contributed by atoms with Gasteiger partial charge in [-0.3, -0.25) is 9.59 Å². The van der Waals surface area contributed by atoms with Gasteiger partial charge in [0.05, 0.1) is 19.8 Å². The van der Waals surface area contributed by atoms with Crippen molar-refractivity contribution in [3.63, 3.8) is 0 Å². The molecule has 0 spiro atoms. The molecule has 1 amide bonds. The zero-order valence-corrected chi connectivity index (χ0v) is 11.6. The van der Waals surface area contributed by atoms with Crippen LogP contribution in [0.1, 0.15) is 17.0 Å². The molecule has 6 heteroatoms. The van der Waals surface area contributed by atoms with Crippen LogP contribution in [0.2, 0.25) is 0 Å². The molecule has 0 N–H and O–H groups in total. The fraction of sp³-hybridized carbons (Fsp3) is 0.538. The lowest BCUT2D eigenvalue weighted by molar-refractivity contribution is -0.140. The van der Waals surface area contributed by atoms with Gasteiger partial charge in [0.2, 0.25) is 0 Å². The van der Waals surface area contributed by atoms with Crippen LogP contribution in [0.3, 0.4) is 0 Å². The van der Waals surface area contributed by atoms with Crippen LogP contribution in [-0.2, 0) is 9.53 Å². The fourth-order valence-electron chi connectivity index (χ4n) is 1.52. The van der Waals surface area contributed by atoms with Crippen LogP contribution >= 0.6 is 0 Å². The van der Waals surface area contributed by atoms with Crippen LogP contribution in [0.4, 0.5) is 0 Å². The molecule has 0 aromatic carbocycles. The second kappa shape index (κ2) is 7.58. The minimum absolute atomic E-state index is 0.177. The summed E-state index contributed by atoms with van der Waals surface area (Å²) in [6, 6.07) is 3.28. The molecule has 0 fully saturated rings. The molecule has 0 bridgehead atoms. The second-order valence-corrected chi connectivity index (χ2v) is 4.40. The Bertz CT molecular complexity index is 401. The lowest BCUT2D eigenvalue weighted by atomic mass is 10.3. The van der Waals surface area contributed by atoms with E-state index in [0.29, 0.717) is 19.6 Å². The van der Waals surface area contributed by atoms with Crippen molar-refractivity contribution in [2.45, 2.75) is 6.42 Å². The van der Waals surface area contributed by atoms with Crippen molar-refractivity contribution in [1.82, 2.24) is 9.80 Å². The van der Waals surface area contributed by atoms with E-state index in [1.165, 1.54) is 13.4 Å². The van der Waals surface area contributed by atoms with Gasteiger partial charge in [0.1, 0.15) is 0 Å². The number of nitrogens with zero attached hydrogens (tertiary/aromatic N) is 2. The first-order valence-electron chi connectivity index (χ1n) is 6.09. The standard InChI is InChI=1S/C13H20N2O4/c1-14(2)8-9-15(7-6-12(16)18-3)13(17)11-5-4-10-19-11/h4-5,10H,6-9H2,1-3H3. The summed E-state index contributed by atoms with van der Waals surface area (Å²) >= 11 is 0. The van der Waals surface area contributed by atoms with E-state index in [-0.39, 0.29) is 24.1 Å². The van der Waals surface area contributed by atoms with Gasteiger partial charge in [-0.25, -0.2) is 0 Å². The average molecular weight is 268 g/mol. The molecule has 1 aromatic heterocycles. The second-order valence-electron chi connectivity index (χ2n) is 4.40. The van der Waals surface area contributed by atoms with E-state index in [1.54, 1.807) is 17.0 Å². The highest BCUT2D eigenvalue weighted by Gasteiger charge is 2.19. The van der Waals surface area contributed by atoms with Gasteiger partial charge in [0, 0.05) is 19.6 Å². The predicted molar refractivity (Wildman–Crippen MR) is 69.8 cm³/mol. The molecule has 0 radical (unpaired) electrons. The minimum atomic E-state index is -0.331. The molecular formula is C13H20N2O4. The van der Waals surface area contributed by atoms with Gasteiger partial charge in [-0.05, 0) is 26.2 Å². The molecule has 106 valence electrons. The Morgan fingerprint density at radius 3 is 2.53 bits per heavy atom. The molecular weight excluding hydrogens is 248 g/mol. The number of methoxy groups -OCH3 is 1. The highest BCUT2D eigenvalue weighted by atomic mass is 16.5. The number of esters is 1. The van der Waals surface area contributed by atoms with Crippen molar-refractivity contribution in [2.75, 3.05) is 40.8 Å². The highest BCUT2D eigenvalue weighted by molar-refractivity contribution is 5.91. The molecule has 0 aliphatic rings. The van der Waals surface area contributed by atoms with Crippen molar-refractivity contribution in [2.24, 2.45) is 0 Å². The number of rotatable bonds is 7. The molecule has 0 unspecified atom stereocenters. The summed E-state index contributed by atoms with van der Waals surface area (Å²) in [4.78, 5) is 26.9. The summed E-state index contributed by atoms with van der Waals surface area (Å²) in [5.74, 6) is -0.263. The Hall–Kier alpha value is -1.82. The predicted octanol–water partition coefficient (Wildman–Crippen LogP) is 0.846. The van der Waals surface area contributed by atoms with Crippen molar-refractivity contribution < 1.29 is 18.7 Å². The average Bonchev–Trinajstić information content (AvgIpc) is 2.91. The first-order chi connectivity index (χ1) is 9.04. The van der Waals surface area contributed by atoms with Crippen molar-refractivity contribution in [3.05, 3.63) is 24.2 Å². The number of carbonyl (C=O) groups is 2. The molecule has 0 saturated heterocycles. The van der Waals surface area contributed by atoms with Crippen LogP contribution in [0, 0.1) is 0 Å². The third-order valence-electron chi connectivity index (χ3n) is 2.65. The molecule has 0 saturated carbocycles. The van der Waals surface area contributed by atoms with E-state index in [1.807, 2.05) is 19.0 Å². The maximum Gasteiger partial charge on any atom is 0.307 e. The van der Waals surface area contributed by atoms with Crippen LogP contribution in [0.5, 0.6) is 0 Å². The van der Waals surface area contributed by atoms with Crippen LogP contribution in [0.15, 0.2) is 22.8 Å². The molecule has 6 nitrogen and oxygen atoms in total. The van der Waals surface area contributed by atoms with E-state index >= 15 is 0 Å². The zero-order valence-electron chi connectivity index (χ0n) is 11.6. The largest absolute Gasteiger partial charge is 0.469 e. The number of hydrogen-bond donors (Lipinski definition) is 0. The number of amides is 1. The summed E-state index contributed by atoms with van der Waals surface area (Å²) in [6.07, 6.45) is 1.63. The number of ether oxygens (including phenoxy) is 1. The zero-order chi connectivity index (χ0) is 14.3. The SMILES string of the molecule is COC(=O)CCN(CCN(C)C)C(=O)c1ccco1. The third kappa shape index (κ3) is 5.13. The van der Waals surface area contributed by atoms with Gasteiger partial charge in [-0.2, -0.15) is 0 Å². The van der Waals surface area contributed by atoms with Gasteiger partial charge in [0.15, 0.2) is 5.76 Å². The number of likely N-dealkylation sites (N-methyl/N-ethyl adjacent to an activating group) is 1. The highest BCUT2D eigenvalue weighted by Crippen LogP contribution is 2.06. The molecule has 1 heterocycles. The molecule has 1 rings (SSSR count). The Morgan fingerprint density at radius 2 is 2.00 bits per heavy atom.